The second-order valence-corrected chi connectivity index (χ2v) is 9.27. The third kappa shape index (κ3) is 3.81. The van der Waals surface area contributed by atoms with Gasteiger partial charge in [-0.3, -0.25) is 4.90 Å². The molecule has 0 spiro atoms. The average molecular weight is 437 g/mol. The van der Waals surface area contributed by atoms with E-state index in [1.165, 1.54) is 4.88 Å². The van der Waals surface area contributed by atoms with E-state index in [-0.39, 0.29) is 0 Å². The molecule has 0 amide bonds. The van der Waals surface area contributed by atoms with Crippen molar-refractivity contribution in [2.45, 2.75) is 6.54 Å². The lowest BCUT2D eigenvalue weighted by Gasteiger charge is -2.34. The molecule has 0 atom stereocenters. The summed E-state index contributed by atoms with van der Waals surface area (Å²) in [6.45, 7) is 8.18. The van der Waals surface area contributed by atoms with Gasteiger partial charge in [-0.2, -0.15) is 4.98 Å². The first-order valence-electron chi connectivity index (χ1n) is 9.42. The Morgan fingerprint density at radius 2 is 1.86 bits per heavy atom. The second kappa shape index (κ2) is 8.08. The summed E-state index contributed by atoms with van der Waals surface area (Å²) in [6, 6.07) is 2.17. The predicted molar refractivity (Wildman–Crippen MR) is 115 cm³/mol. The first kappa shape index (κ1) is 18.5. The maximum absolute atomic E-state index is 6.21. The summed E-state index contributed by atoms with van der Waals surface area (Å²) < 4.78 is 6.60. The van der Waals surface area contributed by atoms with Crippen molar-refractivity contribution in [3.63, 3.8) is 0 Å². The van der Waals surface area contributed by atoms with Crippen LogP contribution in [-0.4, -0.2) is 72.3 Å². The first-order valence-corrected chi connectivity index (χ1v) is 11.5. The smallest absolute Gasteiger partial charge is 0.224 e. The number of nitrogens with zero attached hydrogens (tertiary/aromatic N) is 6. The molecule has 5 rings (SSSR count). The van der Waals surface area contributed by atoms with Crippen molar-refractivity contribution in [2.24, 2.45) is 0 Å². The third-order valence-electron chi connectivity index (χ3n) is 5.13. The Kier molecular flexibility index (Phi) is 5.34. The van der Waals surface area contributed by atoms with Gasteiger partial charge in [-0.15, -0.1) is 22.7 Å². The van der Waals surface area contributed by atoms with Gasteiger partial charge in [0.25, 0.3) is 0 Å². The molecule has 0 N–H and O–H groups in total. The number of anilines is 2. The number of hydrogen-bond acceptors (Lipinski definition) is 9. The molecule has 28 heavy (non-hydrogen) atoms. The fourth-order valence-electron chi connectivity index (χ4n) is 3.69. The van der Waals surface area contributed by atoms with Gasteiger partial charge >= 0.3 is 0 Å². The van der Waals surface area contributed by atoms with Crippen LogP contribution < -0.4 is 9.80 Å². The molecule has 3 aromatic rings. The molecule has 0 aliphatic carbocycles. The van der Waals surface area contributed by atoms with Gasteiger partial charge in [0.15, 0.2) is 10.9 Å². The summed E-state index contributed by atoms with van der Waals surface area (Å²) in [5.41, 5.74) is 0.947. The van der Waals surface area contributed by atoms with E-state index in [0.717, 1.165) is 80.2 Å². The van der Waals surface area contributed by atoms with Crippen molar-refractivity contribution in [2.75, 3.05) is 62.3 Å². The van der Waals surface area contributed by atoms with Crippen LogP contribution in [0.5, 0.6) is 0 Å². The summed E-state index contributed by atoms with van der Waals surface area (Å²) in [7, 11) is 0. The molecule has 2 fully saturated rings. The van der Waals surface area contributed by atoms with E-state index in [2.05, 4.69) is 35.7 Å². The highest BCUT2D eigenvalue weighted by Gasteiger charge is 2.22. The van der Waals surface area contributed by atoms with Crippen LogP contribution in [-0.2, 0) is 11.3 Å². The Morgan fingerprint density at radius 3 is 2.61 bits per heavy atom. The monoisotopic (exact) mass is 436 g/mol. The lowest BCUT2D eigenvalue weighted by molar-refractivity contribution is 0.122. The maximum atomic E-state index is 6.21. The van der Waals surface area contributed by atoms with Gasteiger partial charge < -0.3 is 14.5 Å². The van der Waals surface area contributed by atoms with Gasteiger partial charge in [-0.05, 0) is 17.7 Å². The second-order valence-electron chi connectivity index (χ2n) is 6.92. The predicted octanol–water partition coefficient (Wildman–Crippen LogP) is 2.96. The SMILES string of the molecule is Clc1nc(N2CCOCC2)c2sc(CN3CCN(c4nccs4)CC3)cc2n1. The molecule has 10 heteroatoms. The summed E-state index contributed by atoms with van der Waals surface area (Å²) in [5.74, 6) is 0.947. The lowest BCUT2D eigenvalue weighted by atomic mass is 10.3. The molecule has 0 saturated carbocycles. The zero-order valence-electron chi connectivity index (χ0n) is 15.4. The fourth-order valence-corrected chi connectivity index (χ4v) is 5.72. The molecule has 3 aromatic heterocycles. The van der Waals surface area contributed by atoms with Gasteiger partial charge in [0, 0.05) is 62.3 Å². The highest BCUT2D eigenvalue weighted by atomic mass is 35.5. The normalized spacial score (nSPS) is 18.9. The summed E-state index contributed by atoms with van der Waals surface area (Å²) >= 11 is 9.71. The minimum Gasteiger partial charge on any atom is -0.378 e. The summed E-state index contributed by atoms with van der Waals surface area (Å²) in [6.07, 6.45) is 1.88. The van der Waals surface area contributed by atoms with Crippen molar-refractivity contribution in [3.05, 3.63) is 27.8 Å². The molecular weight excluding hydrogens is 416 g/mol. The average Bonchev–Trinajstić information content (AvgIpc) is 3.38. The van der Waals surface area contributed by atoms with Gasteiger partial charge in [0.05, 0.1) is 23.4 Å². The Balaban J connectivity index is 1.31. The van der Waals surface area contributed by atoms with E-state index < -0.39 is 0 Å². The minimum atomic E-state index is 0.315. The van der Waals surface area contributed by atoms with Crippen LogP contribution in [0.4, 0.5) is 10.9 Å². The van der Waals surface area contributed by atoms with Gasteiger partial charge in [0.1, 0.15) is 0 Å². The molecular formula is C18H21ClN6OS2. The number of morpholine rings is 1. The van der Waals surface area contributed by atoms with Crippen LogP contribution in [0.1, 0.15) is 4.88 Å². The van der Waals surface area contributed by atoms with E-state index in [1.807, 2.05) is 11.6 Å². The van der Waals surface area contributed by atoms with E-state index in [4.69, 9.17) is 16.3 Å². The Hall–Kier alpha value is -1.52. The number of piperazine rings is 1. The van der Waals surface area contributed by atoms with Crippen molar-refractivity contribution < 1.29 is 4.74 Å². The van der Waals surface area contributed by atoms with Crippen molar-refractivity contribution in [1.82, 2.24) is 19.9 Å². The molecule has 148 valence electrons. The molecule has 5 heterocycles. The molecule has 2 saturated heterocycles. The molecule has 0 bridgehead atoms. The number of fused-ring (bicyclic) bond motifs is 1. The number of hydrogen-bond donors (Lipinski definition) is 0. The fraction of sp³-hybridized carbons (Fsp3) is 0.500. The number of thiazole rings is 1. The van der Waals surface area contributed by atoms with Crippen molar-refractivity contribution >= 4 is 55.4 Å². The molecule has 2 aliphatic heterocycles. The number of aromatic nitrogens is 3. The van der Waals surface area contributed by atoms with E-state index in [9.17, 15) is 0 Å². The lowest BCUT2D eigenvalue weighted by Crippen LogP contribution is -2.45. The Morgan fingerprint density at radius 1 is 1.04 bits per heavy atom. The van der Waals surface area contributed by atoms with Crippen LogP contribution in [0.15, 0.2) is 17.6 Å². The standard InChI is InChI=1S/C18H21ClN6OS2/c19-17-21-14-11-13(28-15(14)16(22-17)24-6-8-26-9-7-24)12-23-2-4-25(5-3-23)18-20-1-10-27-18/h1,10-11H,2-9,12H2. The largest absolute Gasteiger partial charge is 0.378 e. The Labute approximate surface area is 176 Å². The van der Waals surface area contributed by atoms with Crippen LogP contribution >= 0.6 is 34.3 Å². The first-order chi connectivity index (χ1) is 13.8. The van der Waals surface area contributed by atoms with Crippen LogP contribution in [0.2, 0.25) is 5.28 Å². The number of rotatable bonds is 4. The molecule has 0 unspecified atom stereocenters. The quantitative estimate of drug-likeness (QED) is 0.582. The highest BCUT2D eigenvalue weighted by Crippen LogP contribution is 2.34. The maximum Gasteiger partial charge on any atom is 0.224 e. The number of thiophene rings is 1. The zero-order chi connectivity index (χ0) is 18.9. The number of halogens is 1. The highest BCUT2D eigenvalue weighted by molar-refractivity contribution is 7.19. The summed E-state index contributed by atoms with van der Waals surface area (Å²) in [4.78, 5) is 21.9. The van der Waals surface area contributed by atoms with E-state index >= 15 is 0 Å². The van der Waals surface area contributed by atoms with Crippen LogP contribution in [0.3, 0.4) is 0 Å². The van der Waals surface area contributed by atoms with E-state index in [0.29, 0.717) is 5.28 Å². The molecule has 0 aromatic carbocycles. The van der Waals surface area contributed by atoms with Crippen LogP contribution in [0.25, 0.3) is 10.2 Å². The van der Waals surface area contributed by atoms with Gasteiger partial charge in [0.2, 0.25) is 5.28 Å². The Bertz CT molecular complexity index is 935. The van der Waals surface area contributed by atoms with E-state index in [1.54, 1.807) is 22.7 Å². The number of ether oxygens (including phenoxy) is 1. The van der Waals surface area contributed by atoms with Crippen molar-refractivity contribution in [1.29, 1.82) is 0 Å². The topological polar surface area (TPSA) is 57.6 Å². The zero-order valence-corrected chi connectivity index (χ0v) is 17.8. The summed E-state index contributed by atoms with van der Waals surface area (Å²) in [5, 5.41) is 3.48. The molecule has 0 radical (unpaired) electrons. The van der Waals surface area contributed by atoms with Gasteiger partial charge in [-0.25, -0.2) is 9.97 Å². The van der Waals surface area contributed by atoms with Crippen LogP contribution in [0, 0.1) is 0 Å². The molecule has 2 aliphatic rings. The third-order valence-corrected chi connectivity index (χ3v) is 7.24. The van der Waals surface area contributed by atoms with Gasteiger partial charge in [-0.1, -0.05) is 0 Å². The minimum absolute atomic E-state index is 0.315. The van der Waals surface area contributed by atoms with Crippen molar-refractivity contribution in [3.8, 4) is 0 Å². The molecule has 7 nitrogen and oxygen atoms in total.